The van der Waals surface area contributed by atoms with Gasteiger partial charge < -0.3 is 5.11 Å². The van der Waals surface area contributed by atoms with Gasteiger partial charge in [-0.1, -0.05) is 26.3 Å². The number of aliphatic carboxylic acids is 1. The smallest absolute Gasteiger partial charge is 0.372 e. The first-order chi connectivity index (χ1) is 12.6. The lowest BCUT2D eigenvalue weighted by atomic mass is 9.46. The van der Waals surface area contributed by atoms with Crippen LogP contribution >= 0.6 is 0 Å². The van der Waals surface area contributed by atoms with E-state index in [2.05, 4.69) is 6.92 Å². The fraction of sp³-hybridized carbons (Fsp3) is 0.727. The van der Waals surface area contributed by atoms with E-state index in [1.165, 1.54) is 0 Å². The topological polar surface area (TPSA) is 88.5 Å². The van der Waals surface area contributed by atoms with E-state index in [-0.39, 0.29) is 47.1 Å². The monoisotopic (exact) mass is 372 g/mol. The molecule has 0 aliphatic heterocycles. The van der Waals surface area contributed by atoms with E-state index < -0.39 is 23.1 Å². The zero-order chi connectivity index (χ0) is 19.7. The van der Waals surface area contributed by atoms with Crippen LogP contribution in [0, 0.1) is 40.4 Å². The molecule has 4 aliphatic rings. The predicted octanol–water partition coefficient (Wildman–Crippen LogP) is 3.21. The van der Waals surface area contributed by atoms with Gasteiger partial charge in [0.25, 0.3) is 0 Å². The van der Waals surface area contributed by atoms with E-state index in [0.717, 1.165) is 31.3 Å². The predicted molar refractivity (Wildman–Crippen MR) is 97.8 cm³/mol. The number of carbonyl (C=O) groups excluding carboxylic acids is 3. The van der Waals surface area contributed by atoms with Crippen LogP contribution in [-0.4, -0.2) is 28.4 Å². The Hall–Kier alpha value is -1.78. The van der Waals surface area contributed by atoms with Crippen LogP contribution in [0.1, 0.15) is 59.3 Å². The molecule has 5 heteroatoms. The molecule has 146 valence electrons. The SMILES string of the molecule is CC1C[C@H]2[C@@H]3CCC4=CC(=O)CC[C@]4(C)[C@H]3C(=O)C[C@]2(C)[C@H]1C(=O)C(=O)O. The zero-order valence-corrected chi connectivity index (χ0v) is 16.3. The summed E-state index contributed by atoms with van der Waals surface area (Å²) in [5.41, 5.74) is 0.309. The van der Waals surface area contributed by atoms with Gasteiger partial charge in [0.1, 0.15) is 5.78 Å². The summed E-state index contributed by atoms with van der Waals surface area (Å²) in [7, 11) is 0. The summed E-state index contributed by atoms with van der Waals surface area (Å²) in [5.74, 6) is -2.11. The van der Waals surface area contributed by atoms with Crippen LogP contribution in [0.2, 0.25) is 0 Å². The largest absolute Gasteiger partial charge is 0.475 e. The Morgan fingerprint density at radius 2 is 1.89 bits per heavy atom. The van der Waals surface area contributed by atoms with Crippen molar-refractivity contribution < 1.29 is 24.3 Å². The van der Waals surface area contributed by atoms with E-state index in [9.17, 15) is 24.3 Å². The number of hydrogen-bond donors (Lipinski definition) is 1. The second-order valence-corrected chi connectivity index (χ2v) is 9.85. The first-order valence-corrected chi connectivity index (χ1v) is 10.1. The van der Waals surface area contributed by atoms with Crippen molar-refractivity contribution in [2.75, 3.05) is 0 Å². The van der Waals surface area contributed by atoms with Crippen molar-refractivity contribution in [1.82, 2.24) is 0 Å². The molecule has 4 aliphatic carbocycles. The minimum atomic E-state index is -1.38. The molecule has 0 aromatic rings. The van der Waals surface area contributed by atoms with Crippen molar-refractivity contribution in [3.8, 4) is 0 Å². The molecule has 0 aromatic carbocycles. The molecule has 4 rings (SSSR count). The van der Waals surface area contributed by atoms with E-state index in [1.807, 2.05) is 13.8 Å². The van der Waals surface area contributed by atoms with Gasteiger partial charge in [-0.25, -0.2) is 4.79 Å². The second kappa shape index (κ2) is 5.86. The Morgan fingerprint density at radius 1 is 1.19 bits per heavy atom. The number of Topliss-reactive ketones (excluding diaryl/α,β-unsaturated/α-hetero) is 2. The molecule has 7 atom stereocenters. The Bertz CT molecular complexity index is 780. The van der Waals surface area contributed by atoms with Gasteiger partial charge in [-0.3, -0.25) is 14.4 Å². The number of hydrogen-bond acceptors (Lipinski definition) is 4. The average molecular weight is 372 g/mol. The Kier molecular flexibility index (Phi) is 4.03. The van der Waals surface area contributed by atoms with Crippen LogP contribution < -0.4 is 0 Å². The normalized spacial score (nSPS) is 46.2. The Morgan fingerprint density at radius 3 is 2.56 bits per heavy atom. The fourth-order valence-electron chi connectivity index (χ4n) is 7.44. The maximum atomic E-state index is 13.4. The molecule has 5 nitrogen and oxygen atoms in total. The van der Waals surface area contributed by atoms with Gasteiger partial charge in [-0.05, 0) is 60.3 Å². The van der Waals surface area contributed by atoms with E-state index in [1.54, 1.807) is 6.08 Å². The van der Waals surface area contributed by atoms with Gasteiger partial charge in [-0.15, -0.1) is 0 Å². The molecular weight excluding hydrogens is 344 g/mol. The number of fused-ring (bicyclic) bond motifs is 5. The van der Waals surface area contributed by atoms with Crippen LogP contribution in [0.5, 0.6) is 0 Å². The third-order valence-electron chi connectivity index (χ3n) is 8.49. The molecule has 0 heterocycles. The Balaban J connectivity index is 1.74. The molecule has 1 unspecified atom stereocenters. The highest BCUT2D eigenvalue weighted by molar-refractivity contribution is 6.33. The molecule has 27 heavy (non-hydrogen) atoms. The summed E-state index contributed by atoms with van der Waals surface area (Å²) in [4.78, 5) is 49.2. The summed E-state index contributed by atoms with van der Waals surface area (Å²) in [6, 6.07) is 0. The molecular formula is C22H28O5. The third kappa shape index (κ3) is 2.43. The lowest BCUT2D eigenvalue weighted by molar-refractivity contribution is -0.158. The molecule has 3 fully saturated rings. The third-order valence-corrected chi connectivity index (χ3v) is 8.49. The van der Waals surface area contributed by atoms with Crippen molar-refractivity contribution in [3.63, 3.8) is 0 Å². The summed E-state index contributed by atoms with van der Waals surface area (Å²) in [5, 5.41) is 9.31. The average Bonchev–Trinajstić information content (AvgIpc) is 2.84. The van der Waals surface area contributed by atoms with Crippen LogP contribution in [0.15, 0.2) is 11.6 Å². The molecule has 1 N–H and O–H groups in total. The van der Waals surface area contributed by atoms with Crippen molar-refractivity contribution >= 4 is 23.3 Å². The summed E-state index contributed by atoms with van der Waals surface area (Å²) in [6.45, 7) is 6.07. The van der Waals surface area contributed by atoms with Crippen LogP contribution in [-0.2, 0) is 19.2 Å². The molecule has 0 aromatic heterocycles. The lowest BCUT2D eigenvalue weighted by Gasteiger charge is -2.56. The molecule has 0 radical (unpaired) electrons. The molecule has 0 saturated heterocycles. The maximum absolute atomic E-state index is 13.4. The second-order valence-electron chi connectivity index (χ2n) is 9.85. The van der Waals surface area contributed by atoms with Crippen LogP contribution in [0.4, 0.5) is 0 Å². The standard InChI is InChI=1S/C22H28O5/c1-11-8-15-14-5-4-12-9-13(23)6-7-21(12,2)18(14)16(24)10-22(15,3)17(11)19(25)20(26)27/h9,11,14-15,17-18H,4-8,10H2,1-3H3,(H,26,27)/t11?,14-,15-,17+,18+,21-,22-/m0/s1. The zero-order valence-electron chi connectivity index (χ0n) is 16.3. The van der Waals surface area contributed by atoms with Crippen LogP contribution in [0.25, 0.3) is 0 Å². The molecule has 0 spiro atoms. The highest BCUT2D eigenvalue weighted by Gasteiger charge is 2.65. The first kappa shape index (κ1) is 18.6. The molecule has 0 amide bonds. The molecule has 3 saturated carbocycles. The molecule has 0 bridgehead atoms. The Labute approximate surface area is 159 Å². The van der Waals surface area contributed by atoms with Gasteiger partial charge in [-0.2, -0.15) is 0 Å². The first-order valence-electron chi connectivity index (χ1n) is 10.1. The lowest BCUT2D eigenvalue weighted by Crippen LogP contribution is -2.55. The van der Waals surface area contributed by atoms with E-state index >= 15 is 0 Å². The number of carboxylic acid groups (broad SMARTS) is 1. The number of ketones is 3. The summed E-state index contributed by atoms with van der Waals surface area (Å²) in [6.07, 6.45) is 5.76. The van der Waals surface area contributed by atoms with E-state index in [4.69, 9.17) is 0 Å². The summed E-state index contributed by atoms with van der Waals surface area (Å²) >= 11 is 0. The maximum Gasteiger partial charge on any atom is 0.372 e. The van der Waals surface area contributed by atoms with Crippen LogP contribution in [0.3, 0.4) is 0 Å². The van der Waals surface area contributed by atoms with Crippen molar-refractivity contribution in [2.24, 2.45) is 40.4 Å². The van der Waals surface area contributed by atoms with Gasteiger partial charge in [0, 0.05) is 24.7 Å². The number of carboxylic acids is 1. The quantitative estimate of drug-likeness (QED) is 0.752. The minimum Gasteiger partial charge on any atom is -0.475 e. The van der Waals surface area contributed by atoms with E-state index in [0.29, 0.717) is 6.42 Å². The fourth-order valence-corrected chi connectivity index (χ4v) is 7.44. The number of carbonyl (C=O) groups is 4. The highest BCUT2D eigenvalue weighted by Crippen LogP contribution is 2.66. The van der Waals surface area contributed by atoms with Crippen molar-refractivity contribution in [2.45, 2.75) is 59.3 Å². The highest BCUT2D eigenvalue weighted by atomic mass is 16.4. The summed E-state index contributed by atoms with van der Waals surface area (Å²) < 4.78 is 0. The van der Waals surface area contributed by atoms with Gasteiger partial charge >= 0.3 is 5.97 Å². The van der Waals surface area contributed by atoms with Crippen molar-refractivity contribution in [3.05, 3.63) is 11.6 Å². The number of rotatable bonds is 2. The van der Waals surface area contributed by atoms with Gasteiger partial charge in [0.2, 0.25) is 5.78 Å². The minimum absolute atomic E-state index is 0.0205. The number of allylic oxidation sites excluding steroid dienone is 1. The van der Waals surface area contributed by atoms with Gasteiger partial charge in [0.05, 0.1) is 0 Å². The van der Waals surface area contributed by atoms with Gasteiger partial charge in [0.15, 0.2) is 5.78 Å². The van der Waals surface area contributed by atoms with Crippen molar-refractivity contribution in [1.29, 1.82) is 0 Å².